The predicted molar refractivity (Wildman–Crippen MR) is 48.3 cm³/mol. The van der Waals surface area contributed by atoms with Crippen LogP contribution in [0.2, 0.25) is 0 Å². The fourth-order valence-electron chi connectivity index (χ4n) is 1.24. The van der Waals surface area contributed by atoms with E-state index in [1.807, 2.05) is 0 Å². The molecular formula is C9H9FN2O. The average Bonchev–Trinajstić information content (AvgIpc) is 2.46. The minimum absolute atomic E-state index is 0.288. The number of halogens is 1. The van der Waals surface area contributed by atoms with Gasteiger partial charge in [-0.25, -0.2) is 9.37 Å². The van der Waals surface area contributed by atoms with Crippen molar-refractivity contribution in [2.75, 3.05) is 12.4 Å². The molecular weight excluding hydrogens is 171 g/mol. The van der Waals surface area contributed by atoms with E-state index in [0.29, 0.717) is 17.2 Å². The van der Waals surface area contributed by atoms with Gasteiger partial charge in [0.05, 0.1) is 0 Å². The Hall–Kier alpha value is -1.58. The number of hydrogen-bond donors (Lipinski definition) is 1. The second-order valence-corrected chi connectivity index (χ2v) is 2.79. The average molecular weight is 180 g/mol. The third-order valence-electron chi connectivity index (χ3n) is 1.84. The van der Waals surface area contributed by atoms with Gasteiger partial charge in [0.2, 0.25) is 0 Å². The summed E-state index contributed by atoms with van der Waals surface area (Å²) in [6.45, 7) is 1.69. The monoisotopic (exact) mass is 180 g/mol. The van der Waals surface area contributed by atoms with Crippen LogP contribution in [-0.4, -0.2) is 12.0 Å². The maximum Gasteiger partial charge on any atom is 0.192 e. The summed E-state index contributed by atoms with van der Waals surface area (Å²) in [5, 5.41) is 2.84. The first-order valence-corrected chi connectivity index (χ1v) is 3.95. The van der Waals surface area contributed by atoms with Gasteiger partial charge in [0.25, 0.3) is 0 Å². The van der Waals surface area contributed by atoms with Gasteiger partial charge in [0.1, 0.15) is 5.52 Å². The lowest BCUT2D eigenvalue weighted by atomic mass is 10.3. The molecule has 0 unspecified atom stereocenters. The molecule has 4 heteroatoms. The van der Waals surface area contributed by atoms with Crippen LogP contribution < -0.4 is 5.32 Å². The number of nitrogens with zero attached hydrogens (tertiary/aromatic N) is 1. The molecule has 1 aromatic heterocycles. The lowest BCUT2D eigenvalue weighted by molar-refractivity contribution is 0.561. The zero-order valence-corrected chi connectivity index (χ0v) is 7.39. The number of anilines is 1. The zero-order valence-electron chi connectivity index (χ0n) is 7.39. The van der Waals surface area contributed by atoms with Crippen molar-refractivity contribution in [1.29, 1.82) is 0 Å². The van der Waals surface area contributed by atoms with Gasteiger partial charge in [-0.3, -0.25) is 0 Å². The molecule has 0 spiro atoms. The third kappa shape index (κ3) is 1.24. The third-order valence-corrected chi connectivity index (χ3v) is 1.84. The molecule has 0 radical (unpaired) electrons. The Bertz CT molecular complexity index is 450. The number of benzene rings is 1. The molecule has 13 heavy (non-hydrogen) atoms. The molecule has 2 aromatic rings. The van der Waals surface area contributed by atoms with Gasteiger partial charge < -0.3 is 9.73 Å². The maximum absolute atomic E-state index is 13.3. The Morgan fingerprint density at radius 1 is 1.46 bits per heavy atom. The van der Waals surface area contributed by atoms with Crippen LogP contribution in [0.3, 0.4) is 0 Å². The van der Waals surface area contributed by atoms with E-state index in [9.17, 15) is 4.39 Å². The Morgan fingerprint density at radius 3 is 2.92 bits per heavy atom. The molecule has 0 aliphatic heterocycles. The first kappa shape index (κ1) is 8.04. The van der Waals surface area contributed by atoms with Gasteiger partial charge in [-0.05, 0) is 6.07 Å². The van der Waals surface area contributed by atoms with Crippen LogP contribution >= 0.6 is 0 Å². The number of aryl methyl sites for hydroxylation is 1. The summed E-state index contributed by atoms with van der Waals surface area (Å²) in [6, 6.07) is 3.11. The van der Waals surface area contributed by atoms with Crippen molar-refractivity contribution in [2.24, 2.45) is 0 Å². The van der Waals surface area contributed by atoms with Gasteiger partial charge in [0.15, 0.2) is 17.3 Å². The van der Waals surface area contributed by atoms with Gasteiger partial charge in [-0.1, -0.05) is 0 Å². The minimum Gasteiger partial charge on any atom is -0.441 e. The number of fused-ring (bicyclic) bond motifs is 1. The summed E-state index contributed by atoms with van der Waals surface area (Å²) >= 11 is 0. The summed E-state index contributed by atoms with van der Waals surface area (Å²) < 4.78 is 18.5. The van der Waals surface area contributed by atoms with E-state index in [4.69, 9.17) is 4.42 Å². The van der Waals surface area contributed by atoms with Crippen molar-refractivity contribution >= 4 is 16.8 Å². The first-order chi connectivity index (χ1) is 6.20. The summed E-state index contributed by atoms with van der Waals surface area (Å²) in [4.78, 5) is 3.92. The SMILES string of the molecule is CNc1cc(F)c2nc(C)oc2c1. The summed E-state index contributed by atoms with van der Waals surface area (Å²) in [5.74, 6) is 0.112. The van der Waals surface area contributed by atoms with Crippen LogP contribution in [0.5, 0.6) is 0 Å². The molecule has 1 aromatic carbocycles. The number of rotatable bonds is 1. The van der Waals surface area contributed by atoms with E-state index in [1.165, 1.54) is 6.07 Å². The quantitative estimate of drug-likeness (QED) is 0.731. The number of hydrogen-bond acceptors (Lipinski definition) is 3. The second kappa shape index (κ2) is 2.73. The van der Waals surface area contributed by atoms with E-state index < -0.39 is 0 Å². The second-order valence-electron chi connectivity index (χ2n) is 2.79. The molecule has 0 saturated heterocycles. The van der Waals surface area contributed by atoms with E-state index in [2.05, 4.69) is 10.3 Å². The Kier molecular flexibility index (Phi) is 1.69. The fourth-order valence-corrected chi connectivity index (χ4v) is 1.24. The Balaban J connectivity index is 2.75. The molecule has 3 nitrogen and oxygen atoms in total. The Morgan fingerprint density at radius 2 is 2.23 bits per heavy atom. The molecule has 0 saturated carbocycles. The standard InChI is InChI=1S/C9H9FN2O/c1-5-12-9-7(10)3-6(11-2)4-8(9)13-5/h3-4,11H,1-2H3. The molecule has 0 aliphatic carbocycles. The zero-order chi connectivity index (χ0) is 9.42. The summed E-state index contributed by atoms with van der Waals surface area (Å²) in [5.41, 5.74) is 1.44. The predicted octanol–water partition coefficient (Wildman–Crippen LogP) is 2.32. The molecule has 1 N–H and O–H groups in total. The van der Waals surface area contributed by atoms with Gasteiger partial charge in [0, 0.05) is 25.7 Å². The van der Waals surface area contributed by atoms with Crippen molar-refractivity contribution in [3.63, 3.8) is 0 Å². The van der Waals surface area contributed by atoms with Crippen LogP contribution in [0.25, 0.3) is 11.1 Å². The largest absolute Gasteiger partial charge is 0.441 e. The maximum atomic E-state index is 13.3. The highest BCUT2D eigenvalue weighted by Crippen LogP contribution is 2.22. The van der Waals surface area contributed by atoms with Crippen molar-refractivity contribution in [3.05, 3.63) is 23.8 Å². The van der Waals surface area contributed by atoms with Crippen molar-refractivity contribution < 1.29 is 8.81 Å². The van der Waals surface area contributed by atoms with E-state index in [0.717, 1.165) is 0 Å². The van der Waals surface area contributed by atoms with Crippen LogP contribution in [0, 0.1) is 12.7 Å². The topological polar surface area (TPSA) is 38.1 Å². The normalized spacial score (nSPS) is 10.7. The van der Waals surface area contributed by atoms with E-state index >= 15 is 0 Å². The minimum atomic E-state index is -0.362. The van der Waals surface area contributed by atoms with Crippen LogP contribution in [-0.2, 0) is 0 Å². The highest BCUT2D eigenvalue weighted by atomic mass is 19.1. The van der Waals surface area contributed by atoms with E-state index in [-0.39, 0.29) is 11.3 Å². The van der Waals surface area contributed by atoms with Gasteiger partial charge in [-0.2, -0.15) is 0 Å². The highest BCUT2D eigenvalue weighted by Gasteiger charge is 2.08. The number of aromatic nitrogens is 1. The van der Waals surface area contributed by atoms with Crippen molar-refractivity contribution in [2.45, 2.75) is 6.92 Å². The molecule has 2 rings (SSSR count). The summed E-state index contributed by atoms with van der Waals surface area (Å²) in [7, 11) is 1.73. The van der Waals surface area contributed by atoms with Crippen LogP contribution in [0.4, 0.5) is 10.1 Å². The lowest BCUT2D eigenvalue weighted by Crippen LogP contribution is -1.89. The fraction of sp³-hybridized carbons (Fsp3) is 0.222. The molecule has 0 bridgehead atoms. The molecule has 68 valence electrons. The van der Waals surface area contributed by atoms with Gasteiger partial charge in [-0.15, -0.1) is 0 Å². The van der Waals surface area contributed by atoms with Crippen LogP contribution in [0.15, 0.2) is 16.5 Å². The molecule has 0 aliphatic rings. The first-order valence-electron chi connectivity index (χ1n) is 3.95. The molecule has 0 fully saturated rings. The Labute approximate surface area is 74.6 Å². The molecule has 1 heterocycles. The van der Waals surface area contributed by atoms with Crippen molar-refractivity contribution in [1.82, 2.24) is 4.98 Å². The molecule has 0 amide bonds. The van der Waals surface area contributed by atoms with Gasteiger partial charge >= 0.3 is 0 Å². The van der Waals surface area contributed by atoms with Crippen molar-refractivity contribution in [3.8, 4) is 0 Å². The number of nitrogens with one attached hydrogen (secondary N) is 1. The smallest absolute Gasteiger partial charge is 0.192 e. The number of oxazole rings is 1. The summed E-state index contributed by atoms with van der Waals surface area (Å²) in [6.07, 6.45) is 0. The lowest BCUT2D eigenvalue weighted by Gasteiger charge is -1.98. The molecule has 0 atom stereocenters. The van der Waals surface area contributed by atoms with Crippen LogP contribution in [0.1, 0.15) is 5.89 Å². The van der Waals surface area contributed by atoms with E-state index in [1.54, 1.807) is 20.0 Å². The highest BCUT2D eigenvalue weighted by molar-refractivity contribution is 5.77.